The molecule has 3 aromatic rings. The van der Waals surface area contributed by atoms with Crippen molar-refractivity contribution in [2.75, 3.05) is 11.9 Å². The highest BCUT2D eigenvalue weighted by Gasteiger charge is 2.29. The number of anilines is 1. The first-order valence-electron chi connectivity index (χ1n) is 7.88. The summed E-state index contributed by atoms with van der Waals surface area (Å²) < 4.78 is 5.39. The molecule has 0 bridgehead atoms. The van der Waals surface area contributed by atoms with Crippen molar-refractivity contribution in [3.63, 3.8) is 0 Å². The van der Waals surface area contributed by atoms with Crippen molar-refractivity contribution in [2.24, 2.45) is 0 Å². The lowest BCUT2D eigenvalue weighted by Gasteiger charge is -2.15. The van der Waals surface area contributed by atoms with E-state index in [2.05, 4.69) is 15.6 Å². The average Bonchev–Trinajstić information content (AvgIpc) is 3.06. The highest BCUT2D eigenvalue weighted by atomic mass is 16.4. The van der Waals surface area contributed by atoms with Crippen molar-refractivity contribution in [2.45, 2.75) is 5.82 Å². The first-order chi connectivity index (χ1) is 12.6. The minimum absolute atomic E-state index is 0.157. The van der Waals surface area contributed by atoms with Gasteiger partial charge < -0.3 is 25.1 Å². The Morgan fingerprint density at radius 3 is 2.62 bits per heavy atom. The number of fused-ring (bicyclic) bond motifs is 1. The van der Waals surface area contributed by atoms with Gasteiger partial charge in [0.05, 0.1) is 6.26 Å². The van der Waals surface area contributed by atoms with E-state index in [9.17, 15) is 19.6 Å². The first kappa shape index (κ1) is 17.7. The molecule has 0 saturated heterocycles. The molecule has 132 valence electrons. The number of nitrogens with one attached hydrogen (secondary N) is 2. The van der Waals surface area contributed by atoms with Crippen LogP contribution < -0.4 is 10.6 Å². The third-order valence-electron chi connectivity index (χ3n) is 3.87. The van der Waals surface area contributed by atoms with E-state index in [4.69, 9.17) is 4.42 Å². The quantitative estimate of drug-likeness (QED) is 0.395. The monoisotopic (exact) mass is 353 g/mol. The molecule has 0 aliphatic carbocycles. The number of rotatable bonds is 5. The van der Waals surface area contributed by atoms with E-state index in [0.29, 0.717) is 16.5 Å². The Hall–Kier alpha value is -3.17. The number of benzene rings is 1. The zero-order valence-corrected chi connectivity index (χ0v) is 13.6. The van der Waals surface area contributed by atoms with Gasteiger partial charge in [-0.25, -0.2) is 4.98 Å². The van der Waals surface area contributed by atoms with Gasteiger partial charge in [-0.2, -0.15) is 0 Å². The molecule has 1 atom stereocenters. The van der Waals surface area contributed by atoms with Crippen molar-refractivity contribution in [1.29, 1.82) is 0 Å². The largest absolute Gasteiger partial charge is 0.464 e. The molecule has 0 fully saturated rings. The normalized spacial score (nSPS) is 11.8. The number of hydrogen-bond acceptors (Lipinski definition) is 6. The van der Waals surface area contributed by atoms with E-state index in [1.165, 1.54) is 12.5 Å². The average molecular weight is 353 g/mol. The second kappa shape index (κ2) is 7.81. The Balaban J connectivity index is 1.67. The number of pyridine rings is 1. The van der Waals surface area contributed by atoms with Crippen LogP contribution in [0.4, 0.5) is 5.82 Å². The summed E-state index contributed by atoms with van der Waals surface area (Å²) in [5.74, 6) is -2.42. The predicted octanol–water partition coefficient (Wildman–Crippen LogP) is 0.678. The van der Waals surface area contributed by atoms with Gasteiger partial charge in [-0.3, -0.25) is 9.59 Å². The summed E-state index contributed by atoms with van der Waals surface area (Å²) in [6.45, 7) is -0.157. The Morgan fingerprint density at radius 2 is 1.88 bits per heavy atom. The summed E-state index contributed by atoms with van der Waals surface area (Å²) in [6, 6.07) is 12.0. The molecule has 0 aliphatic heterocycles. The molecule has 4 N–H and O–H groups in total. The summed E-state index contributed by atoms with van der Waals surface area (Å²) >= 11 is 0. The van der Waals surface area contributed by atoms with E-state index >= 15 is 0 Å². The molecule has 0 spiro atoms. The topological polar surface area (TPSA) is 125 Å². The van der Waals surface area contributed by atoms with Gasteiger partial charge >= 0.3 is 18.9 Å². The highest BCUT2D eigenvalue weighted by molar-refractivity contribution is 6.44. The fourth-order valence-corrected chi connectivity index (χ4v) is 2.55. The molecule has 3 rings (SSSR count). The molecular formula is C17H16BN3O5. The van der Waals surface area contributed by atoms with Crippen LogP contribution in [-0.2, 0) is 9.59 Å². The smallest absolute Gasteiger partial charge is 0.461 e. The van der Waals surface area contributed by atoms with Crippen LogP contribution in [0.5, 0.6) is 0 Å². The maximum Gasteiger partial charge on any atom is 0.461 e. The van der Waals surface area contributed by atoms with Gasteiger partial charge in [0.2, 0.25) is 0 Å². The molecule has 0 radical (unpaired) electrons. The Labute approximate surface area is 149 Å². The predicted molar refractivity (Wildman–Crippen MR) is 95.0 cm³/mol. The Bertz CT molecular complexity index is 913. The number of para-hydroxylation sites is 1. The molecule has 2 amide bonds. The van der Waals surface area contributed by atoms with Crippen LogP contribution in [-0.4, -0.2) is 40.5 Å². The van der Waals surface area contributed by atoms with Gasteiger partial charge in [0.15, 0.2) is 0 Å². The van der Waals surface area contributed by atoms with Crippen LogP contribution in [0.3, 0.4) is 0 Å². The third-order valence-corrected chi connectivity index (χ3v) is 3.87. The zero-order chi connectivity index (χ0) is 18.5. The lowest BCUT2D eigenvalue weighted by atomic mass is 9.68. The van der Waals surface area contributed by atoms with Gasteiger partial charge in [0.25, 0.3) is 0 Å². The van der Waals surface area contributed by atoms with Crippen molar-refractivity contribution >= 4 is 35.7 Å². The molecule has 0 unspecified atom stereocenters. The number of carbonyl (C=O) groups is 2. The lowest BCUT2D eigenvalue weighted by Crippen LogP contribution is -2.41. The molecule has 0 saturated carbocycles. The molecular weight excluding hydrogens is 337 g/mol. The molecule has 8 nitrogen and oxygen atoms in total. The minimum Gasteiger partial charge on any atom is -0.464 e. The fourth-order valence-electron chi connectivity index (χ4n) is 2.55. The lowest BCUT2D eigenvalue weighted by molar-refractivity contribution is -0.136. The van der Waals surface area contributed by atoms with Crippen molar-refractivity contribution < 1.29 is 24.1 Å². The van der Waals surface area contributed by atoms with Gasteiger partial charge in [-0.15, -0.1) is 0 Å². The van der Waals surface area contributed by atoms with E-state index in [-0.39, 0.29) is 12.4 Å². The summed E-state index contributed by atoms with van der Waals surface area (Å²) in [4.78, 5) is 27.8. The van der Waals surface area contributed by atoms with Gasteiger partial charge in [-0.1, -0.05) is 24.3 Å². The van der Waals surface area contributed by atoms with E-state index in [0.717, 1.165) is 0 Å². The zero-order valence-electron chi connectivity index (χ0n) is 13.6. The number of amides is 2. The highest BCUT2D eigenvalue weighted by Crippen LogP contribution is 2.28. The van der Waals surface area contributed by atoms with Crippen LogP contribution in [0.15, 0.2) is 59.3 Å². The van der Waals surface area contributed by atoms with Gasteiger partial charge in [0.1, 0.15) is 11.4 Å². The maximum absolute atomic E-state index is 12.0. The second-order valence-electron chi connectivity index (χ2n) is 5.59. The van der Waals surface area contributed by atoms with Gasteiger partial charge in [0, 0.05) is 29.5 Å². The standard InChI is InChI=1S/C17H16BN3O5/c22-16(17(23)21-15-7-3-4-8-19-15)20-9-13(18(24)25)12-10-26-14-6-2-1-5-11(12)14/h1-8,10,13,24-25H,9H2,(H,20,22)(H,19,21,23)/t13-/m0/s1. The maximum atomic E-state index is 12.0. The summed E-state index contributed by atoms with van der Waals surface area (Å²) in [5.41, 5.74) is 1.12. The Morgan fingerprint density at radius 1 is 1.12 bits per heavy atom. The molecule has 2 heterocycles. The van der Waals surface area contributed by atoms with Crippen molar-refractivity contribution in [1.82, 2.24) is 10.3 Å². The van der Waals surface area contributed by atoms with Crippen LogP contribution >= 0.6 is 0 Å². The van der Waals surface area contributed by atoms with Crippen molar-refractivity contribution in [3.05, 3.63) is 60.5 Å². The molecule has 1 aromatic carbocycles. The third kappa shape index (κ3) is 3.90. The number of aromatic nitrogens is 1. The van der Waals surface area contributed by atoms with Crippen LogP contribution in [0.2, 0.25) is 0 Å². The van der Waals surface area contributed by atoms with Gasteiger partial charge in [-0.05, 0) is 18.2 Å². The summed E-state index contributed by atoms with van der Waals surface area (Å²) in [5, 5.41) is 24.8. The van der Waals surface area contributed by atoms with E-state index in [1.807, 2.05) is 0 Å². The van der Waals surface area contributed by atoms with E-state index in [1.54, 1.807) is 42.5 Å². The minimum atomic E-state index is -1.74. The fraction of sp³-hybridized carbons (Fsp3) is 0.118. The molecule has 0 aliphatic rings. The first-order valence-corrected chi connectivity index (χ1v) is 7.88. The van der Waals surface area contributed by atoms with Crippen LogP contribution in [0.25, 0.3) is 11.0 Å². The van der Waals surface area contributed by atoms with E-state index < -0.39 is 24.8 Å². The summed E-state index contributed by atoms with van der Waals surface area (Å²) in [6.07, 6.45) is 2.89. The van der Waals surface area contributed by atoms with Crippen LogP contribution in [0.1, 0.15) is 11.4 Å². The van der Waals surface area contributed by atoms with Crippen LogP contribution in [0, 0.1) is 0 Å². The number of nitrogens with zero attached hydrogens (tertiary/aromatic N) is 1. The van der Waals surface area contributed by atoms with Crippen molar-refractivity contribution in [3.8, 4) is 0 Å². The number of carbonyl (C=O) groups excluding carboxylic acids is 2. The summed E-state index contributed by atoms with van der Waals surface area (Å²) in [7, 11) is -1.74. The molecule has 9 heteroatoms. The number of furan rings is 1. The molecule has 26 heavy (non-hydrogen) atoms. The number of hydrogen-bond donors (Lipinski definition) is 4. The molecule has 2 aromatic heterocycles. The Kier molecular flexibility index (Phi) is 5.30. The second-order valence-corrected chi connectivity index (χ2v) is 5.59. The SMILES string of the molecule is O=C(NC[C@H](B(O)O)c1coc2ccccc12)C(=O)Nc1ccccn1.